The third kappa shape index (κ3) is 6.62. The fourth-order valence-corrected chi connectivity index (χ4v) is 1.65. The Hall–Kier alpha value is -1.81. The molecule has 0 radical (unpaired) electrons. The predicted molar refractivity (Wildman–Crippen MR) is 80.7 cm³/mol. The minimum atomic E-state index is -0.0753. The molecule has 1 atom stereocenters. The molecule has 1 unspecified atom stereocenters. The highest BCUT2D eigenvalue weighted by atomic mass is 16.1. The zero-order valence-electron chi connectivity index (χ0n) is 11.9. The number of carbonyl (C=O) groups excluding carboxylic acids is 1. The molecule has 1 rings (SSSR count). The summed E-state index contributed by atoms with van der Waals surface area (Å²) < 4.78 is 0. The first-order valence-electron chi connectivity index (χ1n) is 6.46. The van der Waals surface area contributed by atoms with Crippen molar-refractivity contribution in [3.63, 3.8) is 0 Å². The van der Waals surface area contributed by atoms with Crippen LogP contribution in [0.4, 0.5) is 5.69 Å². The number of nitrogens with zero attached hydrogens (tertiary/aromatic N) is 1. The molecule has 1 aromatic carbocycles. The van der Waals surface area contributed by atoms with E-state index in [0.717, 1.165) is 18.5 Å². The van der Waals surface area contributed by atoms with Crippen LogP contribution in [0.15, 0.2) is 30.3 Å². The van der Waals surface area contributed by atoms with Crippen molar-refractivity contribution in [1.29, 1.82) is 0 Å². The van der Waals surface area contributed by atoms with Gasteiger partial charge in [-0.15, -0.1) is 0 Å². The van der Waals surface area contributed by atoms with Crippen molar-refractivity contribution in [2.45, 2.75) is 19.4 Å². The molecule has 0 bridgehead atoms. The minimum Gasteiger partial charge on any atom is -0.399 e. The van der Waals surface area contributed by atoms with E-state index in [0.29, 0.717) is 5.69 Å². The first-order chi connectivity index (χ1) is 8.97. The topological polar surface area (TPSA) is 58.4 Å². The summed E-state index contributed by atoms with van der Waals surface area (Å²) in [4.78, 5) is 13.8. The van der Waals surface area contributed by atoms with Crippen molar-refractivity contribution in [2.75, 3.05) is 26.4 Å². The van der Waals surface area contributed by atoms with Gasteiger partial charge < -0.3 is 16.0 Å². The van der Waals surface area contributed by atoms with Crippen molar-refractivity contribution in [1.82, 2.24) is 10.2 Å². The lowest BCUT2D eigenvalue weighted by molar-refractivity contribution is -0.117. The van der Waals surface area contributed by atoms with Gasteiger partial charge in [-0.2, -0.15) is 0 Å². The predicted octanol–water partition coefficient (Wildman–Crippen LogP) is 1.74. The van der Waals surface area contributed by atoms with Gasteiger partial charge >= 0.3 is 0 Å². The highest BCUT2D eigenvalue weighted by Crippen LogP contribution is 2.07. The highest BCUT2D eigenvalue weighted by molar-refractivity contribution is 5.91. The normalized spacial score (nSPS) is 12.8. The molecule has 4 nitrogen and oxygen atoms in total. The largest absolute Gasteiger partial charge is 0.399 e. The van der Waals surface area contributed by atoms with Crippen LogP contribution in [0.25, 0.3) is 6.08 Å². The number of amides is 1. The molecule has 0 spiro atoms. The Bertz CT molecular complexity index is 441. The molecule has 0 fully saturated rings. The van der Waals surface area contributed by atoms with Gasteiger partial charge in [0.15, 0.2) is 0 Å². The van der Waals surface area contributed by atoms with Crippen LogP contribution in [0.2, 0.25) is 0 Å². The van der Waals surface area contributed by atoms with Crippen molar-refractivity contribution < 1.29 is 4.79 Å². The van der Waals surface area contributed by atoms with Gasteiger partial charge in [0.25, 0.3) is 0 Å². The van der Waals surface area contributed by atoms with Crippen LogP contribution in [0.5, 0.6) is 0 Å². The van der Waals surface area contributed by atoms with E-state index in [4.69, 9.17) is 5.73 Å². The van der Waals surface area contributed by atoms with E-state index < -0.39 is 0 Å². The molecule has 0 saturated heterocycles. The van der Waals surface area contributed by atoms with Crippen molar-refractivity contribution in [2.24, 2.45) is 0 Å². The smallest absolute Gasteiger partial charge is 0.244 e. The van der Waals surface area contributed by atoms with E-state index in [1.165, 1.54) is 0 Å². The Morgan fingerprint density at radius 3 is 2.84 bits per heavy atom. The number of nitrogen functional groups attached to an aromatic ring is 1. The second-order valence-corrected chi connectivity index (χ2v) is 5.01. The number of hydrogen-bond donors (Lipinski definition) is 2. The van der Waals surface area contributed by atoms with Gasteiger partial charge in [0.2, 0.25) is 5.91 Å². The van der Waals surface area contributed by atoms with E-state index in [2.05, 4.69) is 10.2 Å². The summed E-state index contributed by atoms with van der Waals surface area (Å²) in [6.07, 6.45) is 4.25. The average Bonchev–Trinajstić information content (AvgIpc) is 2.34. The Balaban J connectivity index is 2.42. The molecule has 0 aliphatic heterocycles. The highest BCUT2D eigenvalue weighted by Gasteiger charge is 2.04. The molecular weight excluding hydrogens is 238 g/mol. The van der Waals surface area contributed by atoms with Gasteiger partial charge in [0.05, 0.1) is 0 Å². The lowest BCUT2D eigenvalue weighted by Gasteiger charge is -2.15. The third-order valence-electron chi connectivity index (χ3n) is 2.74. The molecule has 0 aliphatic rings. The van der Waals surface area contributed by atoms with E-state index in [1.54, 1.807) is 12.2 Å². The summed E-state index contributed by atoms with van der Waals surface area (Å²) in [5.74, 6) is -0.0753. The zero-order chi connectivity index (χ0) is 14.3. The first-order valence-corrected chi connectivity index (χ1v) is 6.46. The van der Waals surface area contributed by atoms with Crippen molar-refractivity contribution >= 4 is 17.7 Å². The summed E-state index contributed by atoms with van der Waals surface area (Å²) in [5, 5.41) is 2.94. The van der Waals surface area contributed by atoms with Crippen molar-refractivity contribution in [3.8, 4) is 0 Å². The van der Waals surface area contributed by atoms with Gasteiger partial charge in [-0.05, 0) is 57.8 Å². The molecule has 1 aromatic rings. The number of rotatable bonds is 6. The van der Waals surface area contributed by atoms with Gasteiger partial charge in [-0.3, -0.25) is 4.79 Å². The summed E-state index contributed by atoms with van der Waals surface area (Å²) in [5.41, 5.74) is 7.30. The zero-order valence-corrected chi connectivity index (χ0v) is 11.9. The van der Waals surface area contributed by atoms with Crippen molar-refractivity contribution in [3.05, 3.63) is 35.9 Å². The number of nitrogens with two attached hydrogens (primary N) is 1. The maximum atomic E-state index is 11.7. The van der Waals surface area contributed by atoms with Crippen LogP contribution in [0.1, 0.15) is 18.9 Å². The van der Waals surface area contributed by atoms with Crippen LogP contribution < -0.4 is 11.1 Å². The lowest BCUT2D eigenvalue weighted by Crippen LogP contribution is -2.33. The van der Waals surface area contributed by atoms with Crippen LogP contribution in [-0.2, 0) is 4.79 Å². The van der Waals surface area contributed by atoms with Crippen LogP contribution in [0, 0.1) is 0 Å². The maximum absolute atomic E-state index is 11.7. The van der Waals surface area contributed by atoms with E-state index in [9.17, 15) is 4.79 Å². The second kappa shape index (κ2) is 7.59. The Morgan fingerprint density at radius 1 is 1.47 bits per heavy atom. The number of benzene rings is 1. The standard InChI is InChI=1S/C15H23N3O/c1-12(9-10-18(2)3)17-15(19)8-7-13-5-4-6-14(16)11-13/h4-8,11-12H,9-10,16H2,1-3H3,(H,17,19)/b8-7+. The Kier molecular flexibility index (Phi) is 6.09. The fourth-order valence-electron chi connectivity index (χ4n) is 1.65. The number of nitrogens with one attached hydrogen (secondary N) is 1. The van der Waals surface area contributed by atoms with Crippen LogP contribution in [-0.4, -0.2) is 37.5 Å². The lowest BCUT2D eigenvalue weighted by atomic mass is 10.2. The molecule has 4 heteroatoms. The molecule has 104 valence electrons. The van der Waals surface area contributed by atoms with E-state index >= 15 is 0 Å². The first kappa shape index (κ1) is 15.2. The summed E-state index contributed by atoms with van der Waals surface area (Å²) in [7, 11) is 4.04. The monoisotopic (exact) mass is 261 g/mol. The Morgan fingerprint density at radius 2 is 2.21 bits per heavy atom. The number of carbonyl (C=O) groups is 1. The molecule has 0 saturated carbocycles. The molecular formula is C15H23N3O. The van der Waals surface area contributed by atoms with Gasteiger partial charge in [-0.1, -0.05) is 12.1 Å². The van der Waals surface area contributed by atoms with Crippen LogP contribution >= 0.6 is 0 Å². The molecule has 19 heavy (non-hydrogen) atoms. The number of anilines is 1. The minimum absolute atomic E-state index is 0.0753. The molecule has 3 N–H and O–H groups in total. The summed E-state index contributed by atoms with van der Waals surface area (Å²) in [6.45, 7) is 2.97. The molecule has 1 amide bonds. The Labute approximate surface area is 115 Å². The quantitative estimate of drug-likeness (QED) is 0.606. The number of hydrogen-bond acceptors (Lipinski definition) is 3. The van der Waals surface area contributed by atoms with E-state index in [-0.39, 0.29) is 11.9 Å². The summed E-state index contributed by atoms with van der Waals surface area (Å²) in [6, 6.07) is 7.60. The average molecular weight is 261 g/mol. The van der Waals surface area contributed by atoms with Crippen LogP contribution in [0.3, 0.4) is 0 Å². The molecule has 0 aromatic heterocycles. The molecule has 0 heterocycles. The van der Waals surface area contributed by atoms with Gasteiger partial charge in [0, 0.05) is 17.8 Å². The second-order valence-electron chi connectivity index (χ2n) is 5.01. The summed E-state index contributed by atoms with van der Waals surface area (Å²) >= 11 is 0. The third-order valence-corrected chi connectivity index (χ3v) is 2.74. The maximum Gasteiger partial charge on any atom is 0.244 e. The van der Waals surface area contributed by atoms with E-state index in [1.807, 2.05) is 45.3 Å². The fraction of sp³-hybridized carbons (Fsp3) is 0.400. The van der Waals surface area contributed by atoms with Gasteiger partial charge in [-0.25, -0.2) is 0 Å². The molecule has 0 aliphatic carbocycles. The SMILES string of the molecule is CC(CCN(C)C)NC(=O)/C=C/c1cccc(N)c1. The van der Waals surface area contributed by atoms with Gasteiger partial charge in [0.1, 0.15) is 0 Å².